The summed E-state index contributed by atoms with van der Waals surface area (Å²) in [4.78, 5) is 0. The van der Waals surface area contributed by atoms with Crippen LogP contribution in [0.2, 0.25) is 0 Å². The van der Waals surface area contributed by atoms with Crippen molar-refractivity contribution in [2.45, 2.75) is 31.3 Å². The van der Waals surface area contributed by atoms with Crippen molar-refractivity contribution < 1.29 is 13.6 Å². The van der Waals surface area contributed by atoms with E-state index in [1.165, 1.54) is 21.3 Å². The molecule has 0 amide bonds. The lowest BCUT2D eigenvalue weighted by Crippen LogP contribution is -2.39. The fourth-order valence-corrected chi connectivity index (χ4v) is 3.41. The predicted molar refractivity (Wildman–Crippen MR) is 70.3 cm³/mol. The van der Waals surface area contributed by atoms with Crippen LogP contribution in [0.15, 0.2) is 22.4 Å². The van der Waals surface area contributed by atoms with Crippen LogP contribution in [0.3, 0.4) is 0 Å². The summed E-state index contributed by atoms with van der Waals surface area (Å²) in [5.74, 6) is -0.00847. The molecule has 0 radical (unpaired) electrons. The summed E-state index contributed by atoms with van der Waals surface area (Å²) in [6, 6.07) is 1.19. The van der Waals surface area contributed by atoms with Crippen molar-refractivity contribution in [3.63, 3.8) is 0 Å². The number of rotatable bonds is 6. The molecule has 0 aliphatic heterocycles. The average molecular weight is 289 g/mol. The minimum absolute atomic E-state index is 0.00847. The largest absolute Gasteiger partial charge is 0.409 e. The predicted octanol–water partition coefficient (Wildman–Crippen LogP) is -0.0443. The Hall–Kier alpha value is -1.61. The first-order chi connectivity index (χ1) is 8.80. The van der Waals surface area contributed by atoms with E-state index >= 15 is 0 Å². The molecule has 0 bridgehead atoms. The summed E-state index contributed by atoms with van der Waals surface area (Å²) >= 11 is 0. The van der Waals surface area contributed by atoms with E-state index in [9.17, 15) is 8.42 Å². The van der Waals surface area contributed by atoms with E-state index in [-0.39, 0.29) is 29.9 Å². The maximum atomic E-state index is 12.5. The van der Waals surface area contributed by atoms with Crippen molar-refractivity contribution in [3.8, 4) is 0 Å². The highest BCUT2D eigenvalue weighted by atomic mass is 32.2. The Morgan fingerprint density at radius 2 is 2.26 bits per heavy atom. The second-order valence-electron chi connectivity index (χ2n) is 4.34. The van der Waals surface area contributed by atoms with Gasteiger partial charge in [0.1, 0.15) is 5.84 Å². The molecule has 108 valence electrons. The lowest BCUT2D eigenvalue weighted by atomic mass is 10.3. The van der Waals surface area contributed by atoms with Gasteiger partial charge in [-0.1, -0.05) is 5.16 Å². The van der Waals surface area contributed by atoms with Crippen LogP contribution < -0.4 is 5.73 Å². The van der Waals surface area contributed by atoms with Crippen molar-refractivity contribution in [2.24, 2.45) is 17.9 Å². The monoisotopic (exact) mass is 289 g/mol. The highest BCUT2D eigenvalue weighted by Gasteiger charge is 2.29. The number of amidine groups is 1. The van der Waals surface area contributed by atoms with Crippen LogP contribution in [0, 0.1) is 0 Å². The number of oxime groups is 1. The number of sulfonamides is 1. The van der Waals surface area contributed by atoms with Gasteiger partial charge in [0.15, 0.2) is 5.03 Å². The molecule has 0 spiro atoms. The van der Waals surface area contributed by atoms with E-state index in [2.05, 4.69) is 10.3 Å². The normalized spacial score (nSPS) is 13.4. The van der Waals surface area contributed by atoms with Crippen molar-refractivity contribution in [1.29, 1.82) is 0 Å². The van der Waals surface area contributed by atoms with Crippen molar-refractivity contribution in [3.05, 3.63) is 12.3 Å². The molecule has 8 nitrogen and oxygen atoms in total. The van der Waals surface area contributed by atoms with Gasteiger partial charge >= 0.3 is 0 Å². The molecule has 0 unspecified atom stereocenters. The number of nitrogens with two attached hydrogens (primary N) is 1. The summed E-state index contributed by atoms with van der Waals surface area (Å²) in [6.45, 7) is 3.67. The van der Waals surface area contributed by atoms with Gasteiger partial charge in [0, 0.05) is 26.1 Å². The van der Waals surface area contributed by atoms with Crippen LogP contribution in [0.1, 0.15) is 20.3 Å². The van der Waals surface area contributed by atoms with Gasteiger partial charge < -0.3 is 10.9 Å². The molecular formula is C10H19N5O3S. The van der Waals surface area contributed by atoms with Crippen molar-refractivity contribution >= 4 is 15.9 Å². The smallest absolute Gasteiger partial charge is 0.260 e. The Balaban J connectivity index is 3.03. The van der Waals surface area contributed by atoms with Crippen LogP contribution in [-0.2, 0) is 17.1 Å². The third-order valence-electron chi connectivity index (χ3n) is 2.64. The fraction of sp³-hybridized carbons (Fsp3) is 0.600. The van der Waals surface area contributed by atoms with Gasteiger partial charge in [0.25, 0.3) is 10.0 Å². The molecule has 0 atom stereocenters. The van der Waals surface area contributed by atoms with E-state index in [1.54, 1.807) is 20.9 Å². The van der Waals surface area contributed by atoms with Crippen LogP contribution in [-0.4, -0.2) is 46.1 Å². The molecule has 9 heteroatoms. The summed E-state index contributed by atoms with van der Waals surface area (Å²) in [5, 5.41) is 15.3. The fourth-order valence-electron chi connectivity index (χ4n) is 1.67. The Morgan fingerprint density at radius 1 is 1.63 bits per heavy atom. The maximum Gasteiger partial charge on any atom is 0.260 e. The number of nitrogens with zero attached hydrogens (tertiary/aromatic N) is 4. The van der Waals surface area contributed by atoms with E-state index in [0.29, 0.717) is 0 Å². The lowest BCUT2D eigenvalue weighted by Gasteiger charge is -2.25. The summed E-state index contributed by atoms with van der Waals surface area (Å²) < 4.78 is 27.6. The molecule has 0 aromatic carbocycles. The van der Waals surface area contributed by atoms with Gasteiger partial charge in [-0.2, -0.15) is 9.40 Å². The molecular weight excluding hydrogens is 270 g/mol. The molecule has 0 fully saturated rings. The van der Waals surface area contributed by atoms with Crippen LogP contribution in [0.4, 0.5) is 0 Å². The minimum Gasteiger partial charge on any atom is -0.409 e. The summed E-state index contributed by atoms with van der Waals surface area (Å²) in [6.07, 6.45) is 1.58. The van der Waals surface area contributed by atoms with Gasteiger partial charge in [-0.15, -0.1) is 0 Å². The van der Waals surface area contributed by atoms with Gasteiger partial charge in [-0.3, -0.25) is 4.68 Å². The molecule has 1 rings (SSSR count). The number of aryl methyl sites for hydroxylation is 1. The highest BCUT2D eigenvalue weighted by Crippen LogP contribution is 2.17. The lowest BCUT2D eigenvalue weighted by molar-refractivity contribution is 0.313. The molecule has 0 aliphatic carbocycles. The first-order valence-electron chi connectivity index (χ1n) is 5.77. The third-order valence-corrected chi connectivity index (χ3v) is 4.79. The van der Waals surface area contributed by atoms with E-state index in [0.717, 1.165) is 0 Å². The zero-order valence-electron chi connectivity index (χ0n) is 11.2. The van der Waals surface area contributed by atoms with E-state index in [1.807, 2.05) is 0 Å². The Bertz CT molecular complexity index is 549. The molecule has 19 heavy (non-hydrogen) atoms. The molecule has 1 aromatic rings. The van der Waals surface area contributed by atoms with Crippen molar-refractivity contribution in [1.82, 2.24) is 14.1 Å². The third kappa shape index (κ3) is 3.44. The first kappa shape index (κ1) is 15.4. The highest BCUT2D eigenvalue weighted by molar-refractivity contribution is 7.89. The maximum absolute atomic E-state index is 12.5. The van der Waals surface area contributed by atoms with Crippen LogP contribution >= 0.6 is 0 Å². The molecule has 0 saturated carbocycles. The van der Waals surface area contributed by atoms with Gasteiger partial charge in [0.2, 0.25) is 0 Å². The zero-order valence-corrected chi connectivity index (χ0v) is 12.0. The first-order valence-corrected chi connectivity index (χ1v) is 7.21. The van der Waals surface area contributed by atoms with Gasteiger partial charge in [-0.05, 0) is 19.9 Å². The molecule has 0 aliphatic rings. The number of aromatic nitrogens is 2. The number of hydrogen-bond donors (Lipinski definition) is 2. The molecule has 0 saturated heterocycles. The Kier molecular flexibility index (Phi) is 4.90. The standard InChI is InChI=1S/C10H19N5O3S/c1-8(2)15(7-5-9(11)13-16)19(17,18)10-4-6-12-14(10)3/h4,6,8,16H,5,7H2,1-3H3,(H2,11,13). The molecule has 3 N–H and O–H groups in total. The van der Waals surface area contributed by atoms with Crippen LogP contribution in [0.25, 0.3) is 0 Å². The second kappa shape index (κ2) is 6.02. The second-order valence-corrected chi connectivity index (χ2v) is 6.18. The SMILES string of the molecule is CC(C)N(CCC(N)=NO)S(=O)(=O)c1ccnn1C. The average Bonchev–Trinajstić information content (AvgIpc) is 2.75. The van der Waals surface area contributed by atoms with E-state index < -0.39 is 10.0 Å². The zero-order chi connectivity index (χ0) is 14.6. The summed E-state index contributed by atoms with van der Waals surface area (Å²) in [7, 11) is -2.09. The van der Waals surface area contributed by atoms with Crippen LogP contribution in [0.5, 0.6) is 0 Å². The molecule has 1 heterocycles. The molecule has 1 aromatic heterocycles. The van der Waals surface area contributed by atoms with Gasteiger partial charge in [-0.25, -0.2) is 8.42 Å². The minimum atomic E-state index is -3.65. The Labute approximate surface area is 112 Å². The quantitative estimate of drug-likeness (QED) is 0.330. The number of hydrogen-bond acceptors (Lipinski definition) is 5. The Morgan fingerprint density at radius 3 is 2.68 bits per heavy atom. The van der Waals surface area contributed by atoms with Gasteiger partial charge in [0.05, 0.1) is 6.20 Å². The van der Waals surface area contributed by atoms with Crippen molar-refractivity contribution in [2.75, 3.05) is 6.54 Å². The topological polar surface area (TPSA) is 114 Å². The summed E-state index contributed by atoms with van der Waals surface area (Å²) in [5.41, 5.74) is 5.37. The van der Waals surface area contributed by atoms with E-state index in [4.69, 9.17) is 10.9 Å².